The van der Waals surface area contributed by atoms with Gasteiger partial charge in [-0.3, -0.25) is 4.79 Å². The van der Waals surface area contributed by atoms with Crippen LogP contribution in [-0.4, -0.2) is 37.4 Å². The predicted molar refractivity (Wildman–Crippen MR) is 63.6 cm³/mol. The van der Waals surface area contributed by atoms with Gasteiger partial charge in [-0.15, -0.1) is 0 Å². The minimum absolute atomic E-state index is 0.395. The molecule has 1 aromatic carbocycles. The van der Waals surface area contributed by atoms with E-state index < -0.39 is 18.9 Å². The molecule has 0 bridgehead atoms. The Morgan fingerprint density at radius 2 is 1.94 bits per heavy atom. The summed E-state index contributed by atoms with van der Waals surface area (Å²) in [6.45, 7) is 2.21. The third kappa shape index (κ3) is 4.01. The molecule has 0 spiro atoms. The Bertz CT molecular complexity index is 365. The molecule has 17 heavy (non-hydrogen) atoms. The lowest BCUT2D eigenvalue weighted by Crippen LogP contribution is -2.31. The SMILES string of the molecule is CCNc1ccc(C(=O)N(C)CC(F)F)cc1. The van der Waals surface area contributed by atoms with E-state index in [1.165, 1.54) is 7.05 Å². The molecule has 3 nitrogen and oxygen atoms in total. The molecule has 0 atom stereocenters. The van der Waals surface area contributed by atoms with E-state index in [0.717, 1.165) is 17.1 Å². The van der Waals surface area contributed by atoms with Crippen molar-refractivity contribution in [2.24, 2.45) is 0 Å². The number of halogens is 2. The second-order valence-electron chi connectivity index (χ2n) is 3.68. The average molecular weight is 242 g/mol. The summed E-state index contributed by atoms with van der Waals surface area (Å²) in [7, 11) is 1.37. The summed E-state index contributed by atoms with van der Waals surface area (Å²) in [5.41, 5.74) is 1.32. The minimum Gasteiger partial charge on any atom is -0.385 e. The van der Waals surface area contributed by atoms with Crippen molar-refractivity contribution >= 4 is 11.6 Å². The van der Waals surface area contributed by atoms with Crippen LogP contribution in [0.2, 0.25) is 0 Å². The Kier molecular flexibility index (Phi) is 4.87. The van der Waals surface area contributed by atoms with Gasteiger partial charge in [-0.25, -0.2) is 8.78 Å². The molecule has 0 aliphatic rings. The number of anilines is 1. The van der Waals surface area contributed by atoms with Crippen LogP contribution in [0, 0.1) is 0 Å². The molecule has 1 N–H and O–H groups in total. The van der Waals surface area contributed by atoms with Crippen LogP contribution in [-0.2, 0) is 0 Å². The predicted octanol–water partition coefficient (Wildman–Crippen LogP) is 2.46. The first-order chi connectivity index (χ1) is 8.04. The lowest BCUT2D eigenvalue weighted by atomic mass is 10.2. The highest BCUT2D eigenvalue weighted by Gasteiger charge is 2.15. The van der Waals surface area contributed by atoms with Crippen molar-refractivity contribution in [3.05, 3.63) is 29.8 Å². The highest BCUT2D eigenvalue weighted by atomic mass is 19.3. The third-order valence-electron chi connectivity index (χ3n) is 2.27. The number of amides is 1. The highest BCUT2D eigenvalue weighted by molar-refractivity contribution is 5.94. The summed E-state index contributed by atoms with van der Waals surface area (Å²) in [5, 5.41) is 3.09. The van der Waals surface area contributed by atoms with Crippen molar-refractivity contribution in [2.45, 2.75) is 13.3 Å². The van der Waals surface area contributed by atoms with Crippen LogP contribution in [0.4, 0.5) is 14.5 Å². The summed E-state index contributed by atoms with van der Waals surface area (Å²) in [5.74, 6) is -0.395. The Morgan fingerprint density at radius 3 is 2.41 bits per heavy atom. The van der Waals surface area contributed by atoms with Gasteiger partial charge in [0.05, 0.1) is 6.54 Å². The highest BCUT2D eigenvalue weighted by Crippen LogP contribution is 2.11. The van der Waals surface area contributed by atoms with E-state index in [2.05, 4.69) is 5.32 Å². The number of benzene rings is 1. The first kappa shape index (κ1) is 13.4. The van der Waals surface area contributed by atoms with Crippen molar-refractivity contribution in [1.29, 1.82) is 0 Å². The van der Waals surface area contributed by atoms with Gasteiger partial charge >= 0.3 is 0 Å². The number of alkyl halides is 2. The van der Waals surface area contributed by atoms with E-state index in [0.29, 0.717) is 5.56 Å². The Labute approximate surface area is 99.4 Å². The molecule has 0 aliphatic heterocycles. The zero-order valence-corrected chi connectivity index (χ0v) is 9.91. The molecule has 0 saturated carbocycles. The van der Waals surface area contributed by atoms with Gasteiger partial charge in [-0.05, 0) is 31.2 Å². The number of nitrogens with one attached hydrogen (secondary N) is 1. The fourth-order valence-corrected chi connectivity index (χ4v) is 1.45. The van der Waals surface area contributed by atoms with E-state index in [-0.39, 0.29) is 0 Å². The van der Waals surface area contributed by atoms with E-state index in [1.54, 1.807) is 24.3 Å². The van der Waals surface area contributed by atoms with Gasteiger partial charge in [0.2, 0.25) is 0 Å². The number of hydrogen-bond acceptors (Lipinski definition) is 2. The summed E-state index contributed by atoms with van der Waals surface area (Å²) in [6, 6.07) is 6.77. The smallest absolute Gasteiger partial charge is 0.255 e. The minimum atomic E-state index is -2.51. The normalized spacial score (nSPS) is 10.4. The van der Waals surface area contributed by atoms with E-state index in [4.69, 9.17) is 0 Å². The lowest BCUT2D eigenvalue weighted by Gasteiger charge is -2.16. The standard InChI is InChI=1S/C12H16F2N2O/c1-3-15-10-6-4-9(5-7-10)12(17)16(2)8-11(13)14/h4-7,11,15H,3,8H2,1-2H3. The molecular weight excluding hydrogens is 226 g/mol. The summed E-state index contributed by atoms with van der Waals surface area (Å²) in [4.78, 5) is 12.7. The number of carbonyl (C=O) groups is 1. The molecule has 1 amide bonds. The van der Waals surface area contributed by atoms with Crippen molar-refractivity contribution in [2.75, 3.05) is 25.5 Å². The van der Waals surface area contributed by atoms with Gasteiger partial charge in [0.25, 0.3) is 12.3 Å². The van der Waals surface area contributed by atoms with Gasteiger partial charge in [0.1, 0.15) is 0 Å². The Hall–Kier alpha value is -1.65. The summed E-state index contributed by atoms with van der Waals surface area (Å²) in [6.07, 6.45) is -2.51. The number of nitrogens with zero attached hydrogens (tertiary/aromatic N) is 1. The molecule has 0 radical (unpaired) electrons. The summed E-state index contributed by atoms with van der Waals surface area (Å²) < 4.78 is 24.2. The van der Waals surface area contributed by atoms with Crippen molar-refractivity contribution < 1.29 is 13.6 Å². The zero-order chi connectivity index (χ0) is 12.8. The number of carbonyl (C=O) groups excluding carboxylic acids is 1. The fourth-order valence-electron chi connectivity index (χ4n) is 1.45. The topological polar surface area (TPSA) is 32.3 Å². The van der Waals surface area contributed by atoms with E-state index >= 15 is 0 Å². The van der Waals surface area contributed by atoms with Gasteiger partial charge < -0.3 is 10.2 Å². The maximum atomic E-state index is 12.1. The first-order valence-corrected chi connectivity index (χ1v) is 5.42. The monoisotopic (exact) mass is 242 g/mol. The molecule has 0 saturated heterocycles. The van der Waals surface area contributed by atoms with Gasteiger partial charge in [0.15, 0.2) is 0 Å². The quantitative estimate of drug-likeness (QED) is 0.860. The molecule has 94 valence electrons. The number of rotatable bonds is 5. The second kappa shape index (κ2) is 6.18. The molecular formula is C12H16F2N2O. The fraction of sp³-hybridized carbons (Fsp3) is 0.417. The molecule has 0 aliphatic carbocycles. The molecule has 1 aromatic rings. The van der Waals surface area contributed by atoms with Gasteiger partial charge in [-0.1, -0.05) is 0 Å². The van der Waals surface area contributed by atoms with Crippen LogP contribution < -0.4 is 5.32 Å². The van der Waals surface area contributed by atoms with Crippen molar-refractivity contribution in [3.8, 4) is 0 Å². The van der Waals surface area contributed by atoms with E-state index in [9.17, 15) is 13.6 Å². The molecule has 0 aromatic heterocycles. The van der Waals surface area contributed by atoms with Gasteiger partial charge in [-0.2, -0.15) is 0 Å². The average Bonchev–Trinajstić information content (AvgIpc) is 2.28. The van der Waals surface area contributed by atoms with Crippen molar-refractivity contribution in [3.63, 3.8) is 0 Å². The second-order valence-corrected chi connectivity index (χ2v) is 3.68. The largest absolute Gasteiger partial charge is 0.385 e. The molecule has 0 fully saturated rings. The zero-order valence-electron chi connectivity index (χ0n) is 9.91. The molecule has 0 unspecified atom stereocenters. The molecule has 1 rings (SSSR count). The molecule has 5 heteroatoms. The maximum absolute atomic E-state index is 12.1. The van der Waals surface area contributed by atoms with Crippen LogP contribution in [0.5, 0.6) is 0 Å². The van der Waals surface area contributed by atoms with Crippen LogP contribution in [0.1, 0.15) is 17.3 Å². The van der Waals surface area contributed by atoms with E-state index in [1.807, 2.05) is 6.92 Å². The van der Waals surface area contributed by atoms with Crippen LogP contribution >= 0.6 is 0 Å². The van der Waals surface area contributed by atoms with Crippen LogP contribution in [0.3, 0.4) is 0 Å². The third-order valence-corrected chi connectivity index (χ3v) is 2.27. The summed E-state index contributed by atoms with van der Waals surface area (Å²) >= 11 is 0. The molecule has 0 heterocycles. The van der Waals surface area contributed by atoms with Crippen molar-refractivity contribution in [1.82, 2.24) is 4.90 Å². The Morgan fingerprint density at radius 1 is 1.35 bits per heavy atom. The van der Waals surface area contributed by atoms with Crippen LogP contribution in [0.15, 0.2) is 24.3 Å². The lowest BCUT2D eigenvalue weighted by molar-refractivity contribution is 0.0620. The number of hydrogen-bond donors (Lipinski definition) is 1. The Balaban J connectivity index is 2.69. The van der Waals surface area contributed by atoms with Gasteiger partial charge in [0, 0.05) is 24.8 Å². The van der Waals surface area contributed by atoms with Crippen LogP contribution in [0.25, 0.3) is 0 Å². The first-order valence-electron chi connectivity index (χ1n) is 5.42. The maximum Gasteiger partial charge on any atom is 0.255 e.